The smallest absolute Gasteiger partial charge is 0.115 e. The van der Waals surface area contributed by atoms with Crippen molar-refractivity contribution in [2.24, 2.45) is 23.2 Å². The largest absolute Gasteiger partial charge is 0.508 e. The number of phenols is 1. The van der Waals surface area contributed by atoms with Gasteiger partial charge in [0.1, 0.15) is 5.75 Å². The molecular formula is C20H26O2. The van der Waals surface area contributed by atoms with Crippen LogP contribution >= 0.6 is 0 Å². The lowest BCUT2D eigenvalue weighted by molar-refractivity contribution is 0.00646. The number of benzene rings is 1. The topological polar surface area (TPSA) is 40.5 Å². The van der Waals surface area contributed by atoms with Crippen LogP contribution in [0.3, 0.4) is 0 Å². The fourth-order valence-electron chi connectivity index (χ4n) is 6.00. The van der Waals surface area contributed by atoms with E-state index in [9.17, 15) is 10.2 Å². The van der Waals surface area contributed by atoms with E-state index in [0.29, 0.717) is 29.1 Å². The lowest BCUT2D eigenvalue weighted by atomic mass is 9.54. The highest BCUT2D eigenvalue weighted by Gasteiger charge is 2.54. The molecule has 2 saturated carbocycles. The van der Waals surface area contributed by atoms with Crippen LogP contribution in [0.15, 0.2) is 30.9 Å². The quantitative estimate of drug-likeness (QED) is 0.747. The van der Waals surface area contributed by atoms with E-state index in [4.69, 9.17) is 0 Å². The summed E-state index contributed by atoms with van der Waals surface area (Å²) in [5.74, 6) is 2.74. The molecule has 2 fully saturated rings. The van der Waals surface area contributed by atoms with Crippen LogP contribution in [0.25, 0.3) is 0 Å². The van der Waals surface area contributed by atoms with Crippen molar-refractivity contribution >= 4 is 0 Å². The van der Waals surface area contributed by atoms with Crippen LogP contribution in [0.1, 0.15) is 62.2 Å². The molecule has 0 spiro atoms. The van der Waals surface area contributed by atoms with E-state index in [0.717, 1.165) is 12.0 Å². The van der Waals surface area contributed by atoms with E-state index < -0.39 is 6.10 Å². The third-order valence-corrected chi connectivity index (χ3v) is 7.12. The molecule has 22 heavy (non-hydrogen) atoms. The second-order valence-electron chi connectivity index (χ2n) is 7.91. The Morgan fingerprint density at radius 2 is 2.05 bits per heavy atom. The van der Waals surface area contributed by atoms with Gasteiger partial charge in [0.05, 0.1) is 6.10 Å². The summed E-state index contributed by atoms with van der Waals surface area (Å²) < 4.78 is 0. The average molecular weight is 298 g/mol. The molecule has 2 nitrogen and oxygen atoms in total. The van der Waals surface area contributed by atoms with E-state index in [1.165, 1.54) is 31.2 Å². The average Bonchev–Trinajstić information content (AvgIpc) is 2.84. The summed E-state index contributed by atoms with van der Waals surface area (Å²) >= 11 is 0. The first-order chi connectivity index (χ1) is 10.5. The van der Waals surface area contributed by atoms with E-state index in [-0.39, 0.29) is 5.75 Å². The standard InChI is InChI=1S/C20H26O2/c1-3-12-4-7-18-16-11-19(22)17-10-13(21)5-6-14(17)15(16)8-9-20(12,18)2/h3,5-6,10,12,15-16,18-19,21-22H,1,4,7-9,11H2,2H3/t12-,15?,16?,18?,19+,20+/m0/s1. The molecule has 6 atom stereocenters. The summed E-state index contributed by atoms with van der Waals surface area (Å²) in [6.07, 6.45) is 7.59. The monoisotopic (exact) mass is 298 g/mol. The zero-order valence-electron chi connectivity index (χ0n) is 13.3. The molecule has 3 aliphatic carbocycles. The highest BCUT2D eigenvalue weighted by Crippen LogP contribution is 2.64. The molecule has 2 heteroatoms. The molecule has 0 heterocycles. The Labute approximate surface area is 132 Å². The van der Waals surface area contributed by atoms with Crippen LogP contribution < -0.4 is 0 Å². The first-order valence-electron chi connectivity index (χ1n) is 8.68. The van der Waals surface area contributed by atoms with Gasteiger partial charge in [0.2, 0.25) is 0 Å². The molecule has 0 saturated heterocycles. The molecular weight excluding hydrogens is 272 g/mol. The Morgan fingerprint density at radius 3 is 2.82 bits per heavy atom. The Balaban J connectivity index is 1.74. The Bertz CT molecular complexity index is 608. The summed E-state index contributed by atoms with van der Waals surface area (Å²) in [6.45, 7) is 6.52. The van der Waals surface area contributed by atoms with Gasteiger partial charge in [0.25, 0.3) is 0 Å². The third-order valence-electron chi connectivity index (χ3n) is 7.12. The van der Waals surface area contributed by atoms with E-state index in [2.05, 4.69) is 19.6 Å². The maximum atomic E-state index is 10.6. The van der Waals surface area contributed by atoms with Crippen molar-refractivity contribution in [1.82, 2.24) is 0 Å². The number of aliphatic hydroxyl groups excluding tert-OH is 1. The van der Waals surface area contributed by atoms with Crippen molar-refractivity contribution in [2.45, 2.75) is 51.0 Å². The lowest BCUT2D eigenvalue weighted by Crippen LogP contribution is -2.42. The van der Waals surface area contributed by atoms with Gasteiger partial charge in [-0.3, -0.25) is 0 Å². The molecule has 0 aromatic heterocycles. The predicted octanol–water partition coefficient (Wildman–Crippen LogP) is 4.54. The number of allylic oxidation sites excluding steroid dienone is 1. The van der Waals surface area contributed by atoms with Crippen LogP contribution in [-0.2, 0) is 0 Å². The second kappa shape index (κ2) is 4.86. The summed E-state index contributed by atoms with van der Waals surface area (Å²) in [6, 6.07) is 5.60. The van der Waals surface area contributed by atoms with Crippen molar-refractivity contribution in [1.29, 1.82) is 0 Å². The maximum Gasteiger partial charge on any atom is 0.115 e. The number of rotatable bonds is 1. The van der Waals surface area contributed by atoms with Crippen LogP contribution in [0, 0.1) is 23.2 Å². The van der Waals surface area contributed by atoms with Gasteiger partial charge in [-0.15, -0.1) is 6.58 Å². The van der Waals surface area contributed by atoms with Gasteiger partial charge in [-0.05, 0) is 84.5 Å². The molecule has 2 N–H and O–H groups in total. The SMILES string of the molecule is C=C[C@H]1CCC2C3C[C@@H](O)c4cc(O)ccc4C3CC[C@@]21C. The van der Waals surface area contributed by atoms with E-state index in [1.54, 1.807) is 12.1 Å². The van der Waals surface area contributed by atoms with Gasteiger partial charge in [-0.2, -0.15) is 0 Å². The van der Waals surface area contributed by atoms with Crippen LogP contribution in [-0.4, -0.2) is 10.2 Å². The zero-order valence-corrected chi connectivity index (χ0v) is 13.3. The molecule has 1 aromatic rings. The van der Waals surface area contributed by atoms with Crippen molar-refractivity contribution in [3.63, 3.8) is 0 Å². The molecule has 0 radical (unpaired) electrons. The highest BCUT2D eigenvalue weighted by molar-refractivity contribution is 5.41. The fourth-order valence-corrected chi connectivity index (χ4v) is 6.00. The van der Waals surface area contributed by atoms with Gasteiger partial charge < -0.3 is 10.2 Å². The van der Waals surface area contributed by atoms with Crippen molar-refractivity contribution in [3.8, 4) is 5.75 Å². The molecule has 118 valence electrons. The van der Waals surface area contributed by atoms with Crippen LogP contribution in [0.4, 0.5) is 0 Å². The Morgan fingerprint density at radius 1 is 1.23 bits per heavy atom. The minimum absolute atomic E-state index is 0.268. The van der Waals surface area contributed by atoms with Crippen molar-refractivity contribution in [3.05, 3.63) is 42.0 Å². The molecule has 0 amide bonds. The molecule has 0 aliphatic heterocycles. The first kappa shape index (κ1) is 14.3. The Kier molecular flexibility index (Phi) is 3.16. The number of phenolic OH excluding ortho intramolecular Hbond substituents is 1. The van der Waals surface area contributed by atoms with E-state index in [1.807, 2.05) is 6.07 Å². The normalized spacial score (nSPS) is 43.1. The molecule has 3 aliphatic rings. The molecule has 3 unspecified atom stereocenters. The number of hydrogen-bond donors (Lipinski definition) is 2. The van der Waals surface area contributed by atoms with E-state index >= 15 is 0 Å². The maximum absolute atomic E-state index is 10.6. The van der Waals surface area contributed by atoms with Gasteiger partial charge in [0.15, 0.2) is 0 Å². The summed E-state index contributed by atoms with van der Waals surface area (Å²) in [5.41, 5.74) is 2.62. The number of aromatic hydroxyl groups is 1. The summed E-state index contributed by atoms with van der Waals surface area (Å²) in [7, 11) is 0. The van der Waals surface area contributed by atoms with Crippen LogP contribution in [0.2, 0.25) is 0 Å². The van der Waals surface area contributed by atoms with Gasteiger partial charge in [0, 0.05) is 0 Å². The van der Waals surface area contributed by atoms with Gasteiger partial charge >= 0.3 is 0 Å². The fraction of sp³-hybridized carbons (Fsp3) is 0.600. The molecule has 4 rings (SSSR count). The molecule has 1 aromatic carbocycles. The minimum atomic E-state index is -0.423. The summed E-state index contributed by atoms with van der Waals surface area (Å²) in [4.78, 5) is 0. The highest BCUT2D eigenvalue weighted by atomic mass is 16.3. The zero-order chi connectivity index (χ0) is 15.5. The van der Waals surface area contributed by atoms with Gasteiger partial charge in [-0.25, -0.2) is 0 Å². The van der Waals surface area contributed by atoms with Crippen molar-refractivity contribution < 1.29 is 10.2 Å². The Hall–Kier alpha value is -1.28. The molecule has 0 bridgehead atoms. The number of fused-ring (bicyclic) bond motifs is 5. The summed E-state index contributed by atoms with van der Waals surface area (Å²) in [5, 5.41) is 20.4. The number of hydrogen-bond acceptors (Lipinski definition) is 2. The second-order valence-corrected chi connectivity index (χ2v) is 7.91. The van der Waals surface area contributed by atoms with Gasteiger partial charge in [-0.1, -0.05) is 19.1 Å². The first-order valence-corrected chi connectivity index (χ1v) is 8.68. The third kappa shape index (κ3) is 1.83. The predicted molar refractivity (Wildman–Crippen MR) is 87.7 cm³/mol. The van der Waals surface area contributed by atoms with Crippen LogP contribution in [0.5, 0.6) is 5.75 Å². The van der Waals surface area contributed by atoms with Crippen molar-refractivity contribution in [2.75, 3.05) is 0 Å². The number of aliphatic hydroxyl groups is 1. The minimum Gasteiger partial charge on any atom is -0.508 e. The lowest BCUT2D eigenvalue weighted by Gasteiger charge is -2.51.